The number of hydrogen-bond donors (Lipinski definition) is 2. The Morgan fingerprint density at radius 2 is 2.33 bits per heavy atom. The van der Waals surface area contributed by atoms with E-state index in [1.54, 1.807) is 0 Å². The predicted octanol–water partition coefficient (Wildman–Crippen LogP) is 1.41. The van der Waals surface area contributed by atoms with Crippen LogP contribution in [0.5, 0.6) is 0 Å². The number of nitrogens with zero attached hydrogens (tertiary/aromatic N) is 3. The molecule has 2 rings (SSSR count). The lowest BCUT2D eigenvalue weighted by Crippen LogP contribution is -2.35. The summed E-state index contributed by atoms with van der Waals surface area (Å²) in [5.41, 5.74) is 0. The van der Waals surface area contributed by atoms with Gasteiger partial charge in [0.15, 0.2) is 0 Å². The van der Waals surface area contributed by atoms with Crippen molar-refractivity contribution in [1.82, 2.24) is 15.3 Å². The van der Waals surface area contributed by atoms with Gasteiger partial charge in [0, 0.05) is 32.2 Å². The lowest BCUT2D eigenvalue weighted by atomic mass is 10.2. The molecule has 5 heteroatoms. The molecule has 0 spiro atoms. The average Bonchev–Trinajstić information content (AvgIpc) is 2.81. The minimum atomic E-state index is 0.591. The summed E-state index contributed by atoms with van der Waals surface area (Å²) in [5, 5.41) is 6.75. The van der Waals surface area contributed by atoms with Crippen molar-refractivity contribution in [3.05, 3.63) is 11.9 Å². The fraction of sp³-hybridized carbons (Fsp3) is 0.692. The van der Waals surface area contributed by atoms with Crippen LogP contribution in [-0.2, 0) is 0 Å². The standard InChI is InChI=1S/C13H23N5/c1-4-14-12-8-13(17-10(2)16-12)18(3)9-11-6-5-7-15-11/h8,11,15H,4-7,9H2,1-3H3,(H,14,16,17). The zero-order chi connectivity index (χ0) is 13.0. The lowest BCUT2D eigenvalue weighted by Gasteiger charge is -2.23. The fourth-order valence-electron chi connectivity index (χ4n) is 2.36. The van der Waals surface area contributed by atoms with Gasteiger partial charge in [0.05, 0.1) is 0 Å². The third-order valence-electron chi connectivity index (χ3n) is 3.23. The zero-order valence-electron chi connectivity index (χ0n) is 11.5. The fourth-order valence-corrected chi connectivity index (χ4v) is 2.36. The van der Waals surface area contributed by atoms with Gasteiger partial charge in [0.1, 0.15) is 17.5 Å². The van der Waals surface area contributed by atoms with E-state index in [1.807, 2.05) is 13.0 Å². The van der Waals surface area contributed by atoms with E-state index >= 15 is 0 Å². The van der Waals surface area contributed by atoms with E-state index < -0.39 is 0 Å². The van der Waals surface area contributed by atoms with Crippen LogP contribution in [-0.4, -0.2) is 42.7 Å². The van der Waals surface area contributed by atoms with Gasteiger partial charge in [-0.2, -0.15) is 0 Å². The van der Waals surface area contributed by atoms with Crippen molar-refractivity contribution in [1.29, 1.82) is 0 Å². The van der Waals surface area contributed by atoms with Crippen LogP contribution in [0.1, 0.15) is 25.6 Å². The molecule has 0 aliphatic carbocycles. The van der Waals surface area contributed by atoms with E-state index in [1.165, 1.54) is 12.8 Å². The quantitative estimate of drug-likeness (QED) is 0.826. The molecule has 0 radical (unpaired) electrons. The number of nitrogens with one attached hydrogen (secondary N) is 2. The second-order valence-electron chi connectivity index (χ2n) is 4.86. The highest BCUT2D eigenvalue weighted by molar-refractivity contribution is 5.49. The summed E-state index contributed by atoms with van der Waals surface area (Å²) in [6.07, 6.45) is 2.54. The molecule has 0 amide bonds. The van der Waals surface area contributed by atoms with E-state index in [4.69, 9.17) is 0 Å². The van der Waals surface area contributed by atoms with Gasteiger partial charge in [-0.1, -0.05) is 0 Å². The van der Waals surface area contributed by atoms with Gasteiger partial charge in [-0.15, -0.1) is 0 Å². The van der Waals surface area contributed by atoms with Crippen LogP contribution in [0.3, 0.4) is 0 Å². The maximum Gasteiger partial charge on any atom is 0.134 e. The van der Waals surface area contributed by atoms with Gasteiger partial charge in [-0.3, -0.25) is 0 Å². The van der Waals surface area contributed by atoms with Crippen LogP contribution in [0.15, 0.2) is 6.07 Å². The lowest BCUT2D eigenvalue weighted by molar-refractivity contribution is 0.597. The molecule has 0 saturated carbocycles. The van der Waals surface area contributed by atoms with Gasteiger partial charge in [-0.05, 0) is 33.2 Å². The zero-order valence-corrected chi connectivity index (χ0v) is 11.5. The molecule has 1 aromatic heterocycles. The van der Waals surface area contributed by atoms with Crippen molar-refractivity contribution in [2.24, 2.45) is 0 Å². The van der Waals surface area contributed by atoms with E-state index in [-0.39, 0.29) is 0 Å². The molecule has 0 aromatic carbocycles. The molecule has 18 heavy (non-hydrogen) atoms. The molecular formula is C13H23N5. The molecule has 1 fully saturated rings. The van der Waals surface area contributed by atoms with Gasteiger partial charge in [-0.25, -0.2) is 9.97 Å². The Labute approximate surface area is 109 Å². The summed E-state index contributed by atoms with van der Waals surface area (Å²) in [6, 6.07) is 2.61. The molecule has 0 bridgehead atoms. The van der Waals surface area contributed by atoms with E-state index in [0.717, 1.165) is 37.1 Å². The van der Waals surface area contributed by atoms with Gasteiger partial charge in [0.25, 0.3) is 0 Å². The molecule has 2 heterocycles. The molecule has 1 aromatic rings. The normalized spacial score (nSPS) is 18.9. The Balaban J connectivity index is 2.05. The monoisotopic (exact) mass is 249 g/mol. The minimum Gasteiger partial charge on any atom is -0.370 e. The number of rotatable bonds is 5. The Morgan fingerprint density at radius 3 is 3.00 bits per heavy atom. The van der Waals surface area contributed by atoms with Crippen LogP contribution in [0.25, 0.3) is 0 Å². The van der Waals surface area contributed by atoms with Crippen molar-refractivity contribution in [2.45, 2.75) is 32.7 Å². The second-order valence-corrected chi connectivity index (χ2v) is 4.86. The number of likely N-dealkylation sites (N-methyl/N-ethyl adjacent to an activating group) is 1. The first-order valence-electron chi connectivity index (χ1n) is 6.73. The van der Waals surface area contributed by atoms with Crippen molar-refractivity contribution >= 4 is 11.6 Å². The molecule has 1 aliphatic rings. The van der Waals surface area contributed by atoms with Crippen LogP contribution in [0.4, 0.5) is 11.6 Å². The Hall–Kier alpha value is -1.36. The molecule has 100 valence electrons. The van der Waals surface area contributed by atoms with E-state index in [0.29, 0.717) is 6.04 Å². The Kier molecular flexibility index (Phi) is 4.36. The van der Waals surface area contributed by atoms with Crippen molar-refractivity contribution in [3.63, 3.8) is 0 Å². The summed E-state index contributed by atoms with van der Waals surface area (Å²) >= 11 is 0. The molecule has 1 atom stereocenters. The van der Waals surface area contributed by atoms with Gasteiger partial charge < -0.3 is 15.5 Å². The molecule has 2 N–H and O–H groups in total. The Morgan fingerprint density at radius 1 is 1.50 bits per heavy atom. The topological polar surface area (TPSA) is 53.1 Å². The summed E-state index contributed by atoms with van der Waals surface area (Å²) in [4.78, 5) is 11.1. The SMILES string of the molecule is CCNc1cc(N(C)CC2CCCN2)nc(C)n1. The highest BCUT2D eigenvalue weighted by atomic mass is 15.2. The third kappa shape index (κ3) is 3.32. The average molecular weight is 249 g/mol. The summed E-state index contributed by atoms with van der Waals surface area (Å²) in [5.74, 6) is 2.72. The highest BCUT2D eigenvalue weighted by Gasteiger charge is 2.17. The number of anilines is 2. The van der Waals surface area contributed by atoms with Crippen LogP contribution in [0, 0.1) is 6.92 Å². The Bertz CT molecular complexity index is 387. The minimum absolute atomic E-state index is 0.591. The summed E-state index contributed by atoms with van der Waals surface area (Å²) < 4.78 is 0. The maximum atomic E-state index is 4.51. The van der Waals surface area contributed by atoms with E-state index in [2.05, 4.69) is 39.5 Å². The van der Waals surface area contributed by atoms with Crippen LogP contribution >= 0.6 is 0 Å². The largest absolute Gasteiger partial charge is 0.370 e. The van der Waals surface area contributed by atoms with Crippen molar-refractivity contribution < 1.29 is 0 Å². The molecule has 1 unspecified atom stereocenters. The summed E-state index contributed by atoms with van der Waals surface area (Å²) in [7, 11) is 2.09. The molecule has 1 saturated heterocycles. The molecule has 1 aliphatic heterocycles. The summed E-state index contributed by atoms with van der Waals surface area (Å²) in [6.45, 7) is 7.03. The first-order chi connectivity index (χ1) is 8.69. The van der Waals surface area contributed by atoms with Crippen LogP contribution in [0.2, 0.25) is 0 Å². The number of aryl methyl sites for hydroxylation is 1. The maximum absolute atomic E-state index is 4.51. The van der Waals surface area contributed by atoms with Gasteiger partial charge >= 0.3 is 0 Å². The number of hydrogen-bond acceptors (Lipinski definition) is 5. The first-order valence-corrected chi connectivity index (χ1v) is 6.73. The van der Waals surface area contributed by atoms with Crippen molar-refractivity contribution in [2.75, 3.05) is 36.9 Å². The second kappa shape index (κ2) is 6.00. The van der Waals surface area contributed by atoms with E-state index in [9.17, 15) is 0 Å². The van der Waals surface area contributed by atoms with Crippen molar-refractivity contribution in [3.8, 4) is 0 Å². The first kappa shape index (κ1) is 13.1. The predicted molar refractivity (Wildman–Crippen MR) is 75.2 cm³/mol. The smallest absolute Gasteiger partial charge is 0.134 e. The third-order valence-corrected chi connectivity index (χ3v) is 3.23. The molecular weight excluding hydrogens is 226 g/mol. The molecule has 5 nitrogen and oxygen atoms in total. The number of aromatic nitrogens is 2. The highest BCUT2D eigenvalue weighted by Crippen LogP contribution is 2.16. The van der Waals surface area contributed by atoms with Gasteiger partial charge in [0.2, 0.25) is 0 Å². The van der Waals surface area contributed by atoms with Crippen LogP contribution < -0.4 is 15.5 Å².